The molecule has 0 atom stereocenters. The highest BCUT2D eigenvalue weighted by atomic mass is 19.1. The monoisotopic (exact) mass is 426 g/mol. The number of halogens is 1. The number of hydrogen-bond donors (Lipinski definition) is 0. The summed E-state index contributed by atoms with van der Waals surface area (Å²) in [5.41, 5.74) is 5.05. The molecule has 0 radical (unpaired) electrons. The van der Waals surface area contributed by atoms with Crippen molar-refractivity contribution in [2.45, 2.75) is 13.3 Å². The van der Waals surface area contributed by atoms with Gasteiger partial charge in [-0.3, -0.25) is 4.98 Å². The molecule has 0 spiro atoms. The molecule has 32 heavy (non-hydrogen) atoms. The Morgan fingerprint density at radius 1 is 0.969 bits per heavy atom. The molecule has 6 nitrogen and oxygen atoms in total. The minimum atomic E-state index is -0.268. The van der Waals surface area contributed by atoms with E-state index < -0.39 is 0 Å². The van der Waals surface area contributed by atoms with E-state index in [1.165, 1.54) is 12.1 Å². The molecular weight excluding hydrogens is 407 g/mol. The highest BCUT2D eigenvalue weighted by Crippen LogP contribution is 2.33. The maximum atomic E-state index is 13.2. The third kappa shape index (κ3) is 3.92. The van der Waals surface area contributed by atoms with Crippen LogP contribution in [0.25, 0.3) is 33.5 Å². The second-order valence-corrected chi connectivity index (χ2v) is 7.43. The Morgan fingerprint density at radius 3 is 2.62 bits per heavy atom. The van der Waals surface area contributed by atoms with Crippen molar-refractivity contribution >= 4 is 10.9 Å². The summed E-state index contributed by atoms with van der Waals surface area (Å²) in [5, 5.41) is 9.24. The van der Waals surface area contributed by atoms with Crippen LogP contribution in [0.3, 0.4) is 0 Å². The Balaban J connectivity index is 1.52. The van der Waals surface area contributed by atoms with E-state index in [-0.39, 0.29) is 5.82 Å². The first-order chi connectivity index (χ1) is 15.6. The molecule has 5 aromatic rings. The number of aryl methyl sites for hydroxylation is 1. The SMILES string of the molecule is COc1cc2ccc(-c3nc(C)ccc3-c3cnc(Cc4ccc(F)cc4)o3)cc2nn1. The highest BCUT2D eigenvalue weighted by molar-refractivity contribution is 5.87. The van der Waals surface area contributed by atoms with E-state index in [1.54, 1.807) is 25.4 Å². The summed E-state index contributed by atoms with van der Waals surface area (Å²) in [5.74, 6) is 1.37. The molecule has 0 saturated carbocycles. The van der Waals surface area contributed by atoms with Gasteiger partial charge in [0.05, 0.1) is 24.5 Å². The lowest BCUT2D eigenvalue weighted by molar-refractivity contribution is 0.393. The van der Waals surface area contributed by atoms with Gasteiger partial charge in [0.15, 0.2) is 11.7 Å². The van der Waals surface area contributed by atoms with E-state index in [2.05, 4.69) is 15.2 Å². The lowest BCUT2D eigenvalue weighted by Gasteiger charge is -2.09. The molecule has 0 aliphatic rings. The Morgan fingerprint density at radius 2 is 1.81 bits per heavy atom. The number of hydrogen-bond acceptors (Lipinski definition) is 6. The molecule has 3 heterocycles. The van der Waals surface area contributed by atoms with Gasteiger partial charge in [0.1, 0.15) is 5.82 Å². The van der Waals surface area contributed by atoms with Crippen LogP contribution >= 0.6 is 0 Å². The van der Waals surface area contributed by atoms with Crippen LogP contribution in [0.1, 0.15) is 17.1 Å². The predicted molar refractivity (Wildman–Crippen MR) is 119 cm³/mol. The summed E-state index contributed by atoms with van der Waals surface area (Å²) in [4.78, 5) is 9.17. The van der Waals surface area contributed by atoms with Crippen molar-refractivity contribution in [1.29, 1.82) is 0 Å². The lowest BCUT2D eigenvalue weighted by atomic mass is 10.0. The highest BCUT2D eigenvalue weighted by Gasteiger charge is 2.15. The van der Waals surface area contributed by atoms with Gasteiger partial charge < -0.3 is 9.15 Å². The first kappa shape index (κ1) is 19.8. The first-order valence-corrected chi connectivity index (χ1v) is 10.1. The maximum absolute atomic E-state index is 13.2. The van der Waals surface area contributed by atoms with Crippen molar-refractivity contribution in [1.82, 2.24) is 20.2 Å². The summed E-state index contributed by atoms with van der Waals surface area (Å²) in [7, 11) is 1.56. The minimum absolute atomic E-state index is 0.268. The third-order valence-electron chi connectivity index (χ3n) is 5.17. The first-order valence-electron chi connectivity index (χ1n) is 10.1. The van der Waals surface area contributed by atoms with E-state index in [9.17, 15) is 4.39 Å². The molecule has 0 bridgehead atoms. The topological polar surface area (TPSA) is 73.9 Å². The van der Waals surface area contributed by atoms with Crippen LogP contribution in [0.2, 0.25) is 0 Å². The van der Waals surface area contributed by atoms with E-state index >= 15 is 0 Å². The second-order valence-electron chi connectivity index (χ2n) is 7.43. The smallest absolute Gasteiger partial charge is 0.233 e. The fourth-order valence-electron chi connectivity index (χ4n) is 3.53. The molecule has 0 aliphatic carbocycles. The average Bonchev–Trinajstić information content (AvgIpc) is 3.28. The van der Waals surface area contributed by atoms with Gasteiger partial charge in [-0.1, -0.05) is 24.3 Å². The quantitative estimate of drug-likeness (QED) is 0.375. The van der Waals surface area contributed by atoms with Gasteiger partial charge in [-0.25, -0.2) is 9.37 Å². The molecule has 5 rings (SSSR count). The van der Waals surface area contributed by atoms with Gasteiger partial charge in [-0.05, 0) is 42.8 Å². The minimum Gasteiger partial charge on any atom is -0.480 e. The standard InChI is InChI=1S/C25H19FN4O2/c1-15-3-10-20(22-14-27-23(32-22)11-16-4-8-19(26)9-5-16)25(28-15)18-7-6-17-13-24(31-2)30-29-21(17)12-18/h3-10,12-14H,11H2,1-2H3. The summed E-state index contributed by atoms with van der Waals surface area (Å²) in [6, 6.07) is 18.0. The molecule has 7 heteroatoms. The largest absolute Gasteiger partial charge is 0.480 e. The zero-order chi connectivity index (χ0) is 22.1. The van der Waals surface area contributed by atoms with Crippen molar-refractivity contribution in [2.24, 2.45) is 0 Å². The number of rotatable bonds is 5. The molecule has 0 unspecified atom stereocenters. The van der Waals surface area contributed by atoms with Crippen molar-refractivity contribution in [3.8, 4) is 28.5 Å². The Bertz CT molecular complexity index is 1410. The van der Waals surface area contributed by atoms with E-state index in [0.717, 1.165) is 39.0 Å². The lowest BCUT2D eigenvalue weighted by Crippen LogP contribution is -1.94. The van der Waals surface area contributed by atoms with Crippen molar-refractivity contribution in [3.63, 3.8) is 0 Å². The van der Waals surface area contributed by atoms with Crippen LogP contribution in [0.4, 0.5) is 4.39 Å². The van der Waals surface area contributed by atoms with Gasteiger partial charge in [0.2, 0.25) is 5.88 Å². The molecular formula is C25H19FN4O2. The second kappa shape index (κ2) is 8.19. The van der Waals surface area contributed by atoms with Crippen molar-refractivity contribution in [3.05, 3.63) is 89.8 Å². The summed E-state index contributed by atoms with van der Waals surface area (Å²) in [6.07, 6.45) is 2.17. The van der Waals surface area contributed by atoms with Crippen molar-refractivity contribution < 1.29 is 13.5 Å². The number of ether oxygens (including phenoxy) is 1. The molecule has 0 fully saturated rings. The molecule has 0 aliphatic heterocycles. The predicted octanol–water partition coefficient (Wildman–Crippen LogP) is 5.39. The van der Waals surface area contributed by atoms with Gasteiger partial charge in [0, 0.05) is 34.7 Å². The van der Waals surface area contributed by atoms with Crippen LogP contribution in [0.15, 0.2) is 71.3 Å². The summed E-state index contributed by atoms with van der Waals surface area (Å²) >= 11 is 0. The van der Waals surface area contributed by atoms with E-state index in [1.807, 2.05) is 43.3 Å². The fourth-order valence-corrected chi connectivity index (χ4v) is 3.53. The number of methoxy groups -OCH3 is 1. The normalized spacial score (nSPS) is 11.1. The van der Waals surface area contributed by atoms with E-state index in [0.29, 0.717) is 24.0 Å². The summed E-state index contributed by atoms with van der Waals surface area (Å²) in [6.45, 7) is 1.94. The molecule has 0 saturated heterocycles. The van der Waals surface area contributed by atoms with E-state index in [4.69, 9.17) is 14.1 Å². The van der Waals surface area contributed by atoms with Gasteiger partial charge in [-0.2, -0.15) is 0 Å². The van der Waals surface area contributed by atoms with Gasteiger partial charge in [0.25, 0.3) is 0 Å². The van der Waals surface area contributed by atoms with Gasteiger partial charge in [-0.15, -0.1) is 10.2 Å². The zero-order valence-corrected chi connectivity index (χ0v) is 17.5. The number of benzene rings is 2. The maximum Gasteiger partial charge on any atom is 0.233 e. The average molecular weight is 426 g/mol. The van der Waals surface area contributed by atoms with Crippen LogP contribution in [0, 0.1) is 12.7 Å². The molecule has 0 N–H and O–H groups in total. The molecule has 158 valence electrons. The van der Waals surface area contributed by atoms with Crippen LogP contribution in [0.5, 0.6) is 5.88 Å². The molecule has 3 aromatic heterocycles. The van der Waals surface area contributed by atoms with Gasteiger partial charge >= 0.3 is 0 Å². The number of oxazole rings is 1. The van der Waals surface area contributed by atoms with Crippen LogP contribution in [-0.2, 0) is 6.42 Å². The van der Waals surface area contributed by atoms with Crippen LogP contribution in [-0.4, -0.2) is 27.3 Å². The Labute approximate surface area is 183 Å². The Hall–Kier alpha value is -4.13. The Kier molecular flexibility index (Phi) is 5.07. The fraction of sp³-hybridized carbons (Fsp3) is 0.120. The summed E-state index contributed by atoms with van der Waals surface area (Å²) < 4.78 is 24.4. The van der Waals surface area contributed by atoms with Crippen molar-refractivity contribution in [2.75, 3.05) is 7.11 Å². The number of nitrogens with zero attached hydrogens (tertiary/aromatic N) is 4. The molecule has 0 amide bonds. The number of aromatic nitrogens is 4. The number of fused-ring (bicyclic) bond motifs is 1. The number of pyridine rings is 1. The zero-order valence-electron chi connectivity index (χ0n) is 17.5. The van der Waals surface area contributed by atoms with Crippen LogP contribution < -0.4 is 4.74 Å². The third-order valence-corrected chi connectivity index (χ3v) is 5.17. The molecule has 2 aromatic carbocycles.